The molecule has 0 aliphatic heterocycles. The van der Waals surface area contributed by atoms with E-state index < -0.39 is 5.54 Å². The van der Waals surface area contributed by atoms with Crippen molar-refractivity contribution in [2.24, 2.45) is 11.7 Å². The summed E-state index contributed by atoms with van der Waals surface area (Å²) in [6.45, 7) is 4.20. The molecule has 1 unspecified atom stereocenters. The second kappa shape index (κ2) is 4.02. The molecule has 1 fully saturated rings. The van der Waals surface area contributed by atoms with Crippen LogP contribution in [0.4, 0.5) is 0 Å². The molecule has 2 N–H and O–H groups in total. The van der Waals surface area contributed by atoms with E-state index >= 15 is 0 Å². The molecule has 0 radical (unpaired) electrons. The van der Waals surface area contributed by atoms with Gasteiger partial charge in [0.05, 0.1) is 0 Å². The van der Waals surface area contributed by atoms with Gasteiger partial charge in [0.15, 0.2) is 5.78 Å². The number of aryl methyl sites for hydroxylation is 1. The predicted octanol–water partition coefficient (Wildman–Crippen LogP) is 2.54. The van der Waals surface area contributed by atoms with E-state index in [9.17, 15) is 4.79 Å². The van der Waals surface area contributed by atoms with Gasteiger partial charge in [-0.15, -0.1) is 0 Å². The fourth-order valence-electron chi connectivity index (χ4n) is 2.70. The average Bonchev–Trinajstić information content (AvgIpc) is 2.24. The zero-order valence-corrected chi connectivity index (χ0v) is 9.99. The van der Waals surface area contributed by atoms with Crippen molar-refractivity contribution >= 4 is 5.78 Å². The Balaban J connectivity index is 2.44. The monoisotopic (exact) mass is 217 g/mol. The minimum absolute atomic E-state index is 0.194. The third-order valence-electron chi connectivity index (χ3n) is 3.66. The molecule has 1 aliphatic carbocycles. The third kappa shape index (κ3) is 1.78. The number of hydrogen-bond acceptors (Lipinski definition) is 2. The van der Waals surface area contributed by atoms with Gasteiger partial charge in [0.25, 0.3) is 0 Å². The molecular weight excluding hydrogens is 198 g/mol. The smallest absolute Gasteiger partial charge is 0.157 e. The average molecular weight is 217 g/mol. The molecule has 2 rings (SSSR count). The number of Topliss-reactive ketones (excluding diaryl/α,β-unsaturated/α-hetero) is 1. The van der Waals surface area contributed by atoms with Gasteiger partial charge in [-0.2, -0.15) is 0 Å². The van der Waals surface area contributed by atoms with Gasteiger partial charge in [0.1, 0.15) is 5.54 Å². The lowest BCUT2D eigenvalue weighted by Crippen LogP contribution is -2.49. The van der Waals surface area contributed by atoms with Crippen LogP contribution < -0.4 is 5.73 Å². The van der Waals surface area contributed by atoms with Crippen molar-refractivity contribution in [3.63, 3.8) is 0 Å². The first-order valence-corrected chi connectivity index (χ1v) is 5.92. The van der Waals surface area contributed by atoms with Gasteiger partial charge in [-0.1, -0.05) is 31.2 Å². The topological polar surface area (TPSA) is 43.1 Å². The van der Waals surface area contributed by atoms with Gasteiger partial charge in [-0.25, -0.2) is 0 Å². The molecule has 2 heteroatoms. The van der Waals surface area contributed by atoms with Crippen LogP contribution in [0.5, 0.6) is 0 Å². The fraction of sp³-hybridized carbons (Fsp3) is 0.500. The highest BCUT2D eigenvalue weighted by Crippen LogP contribution is 2.36. The Kier molecular flexibility index (Phi) is 2.85. The molecule has 0 saturated heterocycles. The van der Waals surface area contributed by atoms with Crippen molar-refractivity contribution in [2.45, 2.75) is 38.6 Å². The summed E-state index contributed by atoms with van der Waals surface area (Å²) in [5.41, 5.74) is 7.74. The Morgan fingerprint density at radius 1 is 1.38 bits per heavy atom. The lowest BCUT2D eigenvalue weighted by molar-refractivity contribution is -0.127. The molecular formula is C14H19NO. The Bertz CT molecular complexity index is 413. The minimum Gasteiger partial charge on any atom is -0.315 e. The zero-order chi connectivity index (χ0) is 11.8. The molecule has 16 heavy (non-hydrogen) atoms. The zero-order valence-electron chi connectivity index (χ0n) is 9.99. The highest BCUT2D eigenvalue weighted by atomic mass is 16.1. The molecule has 0 bridgehead atoms. The molecule has 0 heterocycles. The van der Waals surface area contributed by atoms with Gasteiger partial charge in [0, 0.05) is 6.42 Å². The summed E-state index contributed by atoms with van der Waals surface area (Å²) >= 11 is 0. The van der Waals surface area contributed by atoms with Gasteiger partial charge in [-0.3, -0.25) is 4.79 Å². The Morgan fingerprint density at radius 3 is 2.75 bits per heavy atom. The van der Waals surface area contributed by atoms with E-state index in [2.05, 4.69) is 6.92 Å². The van der Waals surface area contributed by atoms with Crippen LogP contribution in [0.2, 0.25) is 0 Å². The Hall–Kier alpha value is -1.15. The van der Waals surface area contributed by atoms with Crippen molar-refractivity contribution in [3.05, 3.63) is 35.4 Å². The van der Waals surface area contributed by atoms with Crippen molar-refractivity contribution < 1.29 is 4.79 Å². The van der Waals surface area contributed by atoms with Crippen LogP contribution in [0.1, 0.15) is 37.3 Å². The van der Waals surface area contributed by atoms with Crippen LogP contribution in [0.25, 0.3) is 0 Å². The summed E-state index contributed by atoms with van der Waals surface area (Å²) in [4.78, 5) is 12.1. The highest BCUT2D eigenvalue weighted by Gasteiger charge is 2.40. The lowest BCUT2D eigenvalue weighted by atomic mass is 9.71. The first-order valence-electron chi connectivity index (χ1n) is 5.92. The molecule has 1 aromatic carbocycles. The quantitative estimate of drug-likeness (QED) is 0.785. The summed E-state index contributed by atoms with van der Waals surface area (Å²) in [6, 6.07) is 7.96. The summed E-state index contributed by atoms with van der Waals surface area (Å²) in [6.07, 6.45) is 2.37. The van der Waals surface area contributed by atoms with E-state index in [-0.39, 0.29) is 5.78 Å². The summed E-state index contributed by atoms with van der Waals surface area (Å²) < 4.78 is 0. The van der Waals surface area contributed by atoms with E-state index in [1.807, 2.05) is 31.2 Å². The van der Waals surface area contributed by atoms with Crippen LogP contribution in [-0.4, -0.2) is 5.78 Å². The van der Waals surface area contributed by atoms with Gasteiger partial charge in [-0.05, 0) is 36.8 Å². The maximum absolute atomic E-state index is 12.1. The largest absolute Gasteiger partial charge is 0.315 e. The number of benzene rings is 1. The molecule has 2 atom stereocenters. The summed E-state index contributed by atoms with van der Waals surface area (Å²) in [5.74, 6) is 0.724. The van der Waals surface area contributed by atoms with Crippen molar-refractivity contribution in [2.75, 3.05) is 0 Å². The first-order chi connectivity index (χ1) is 7.54. The van der Waals surface area contributed by atoms with Gasteiger partial charge in [0.2, 0.25) is 0 Å². The SMILES string of the molecule is Cc1ccccc1C1(N)C[C@@H](C)CCC1=O. The van der Waals surface area contributed by atoms with Crippen LogP contribution in [0, 0.1) is 12.8 Å². The second-order valence-electron chi connectivity index (χ2n) is 5.06. The minimum atomic E-state index is -0.747. The highest BCUT2D eigenvalue weighted by molar-refractivity contribution is 5.90. The molecule has 1 aliphatic rings. The standard InChI is InChI=1S/C14H19NO/c1-10-7-8-13(16)14(15,9-10)12-6-4-3-5-11(12)2/h3-6,10H,7-9,15H2,1-2H3/t10-,14?/m0/s1. The van der Waals surface area contributed by atoms with Crippen molar-refractivity contribution in [3.8, 4) is 0 Å². The van der Waals surface area contributed by atoms with Crippen molar-refractivity contribution in [1.82, 2.24) is 0 Å². The molecule has 0 aromatic heterocycles. The first kappa shape index (κ1) is 11.3. The van der Waals surface area contributed by atoms with E-state index in [0.29, 0.717) is 12.3 Å². The number of nitrogens with two attached hydrogens (primary N) is 1. The summed E-state index contributed by atoms with van der Waals surface area (Å²) in [7, 11) is 0. The van der Waals surface area contributed by atoms with Gasteiger partial charge < -0.3 is 5.73 Å². The van der Waals surface area contributed by atoms with Crippen LogP contribution in [0.3, 0.4) is 0 Å². The third-order valence-corrected chi connectivity index (χ3v) is 3.66. The molecule has 2 nitrogen and oxygen atoms in total. The summed E-state index contributed by atoms with van der Waals surface area (Å²) in [5, 5.41) is 0. The molecule has 86 valence electrons. The van der Waals surface area contributed by atoms with Crippen molar-refractivity contribution in [1.29, 1.82) is 0 Å². The maximum Gasteiger partial charge on any atom is 0.157 e. The normalized spacial score (nSPS) is 30.4. The second-order valence-corrected chi connectivity index (χ2v) is 5.06. The Morgan fingerprint density at radius 2 is 2.06 bits per heavy atom. The number of ketones is 1. The molecule has 1 aromatic rings. The number of carbonyl (C=O) groups is 1. The fourth-order valence-corrected chi connectivity index (χ4v) is 2.70. The van der Waals surface area contributed by atoms with Crippen LogP contribution in [-0.2, 0) is 10.3 Å². The molecule has 0 spiro atoms. The van der Waals surface area contributed by atoms with E-state index in [1.165, 1.54) is 0 Å². The number of carbonyl (C=O) groups excluding carboxylic acids is 1. The predicted molar refractivity (Wildman–Crippen MR) is 65.1 cm³/mol. The molecule has 1 saturated carbocycles. The van der Waals surface area contributed by atoms with Crippen LogP contribution >= 0.6 is 0 Å². The van der Waals surface area contributed by atoms with E-state index in [1.54, 1.807) is 0 Å². The molecule has 0 amide bonds. The maximum atomic E-state index is 12.1. The van der Waals surface area contributed by atoms with E-state index in [4.69, 9.17) is 5.73 Å². The van der Waals surface area contributed by atoms with Gasteiger partial charge >= 0.3 is 0 Å². The number of hydrogen-bond donors (Lipinski definition) is 1. The van der Waals surface area contributed by atoms with E-state index in [0.717, 1.165) is 24.0 Å². The Labute approximate surface area is 96.8 Å². The number of rotatable bonds is 1. The van der Waals surface area contributed by atoms with Crippen LogP contribution in [0.15, 0.2) is 24.3 Å². The lowest BCUT2D eigenvalue weighted by Gasteiger charge is -2.36.